The van der Waals surface area contributed by atoms with Crippen LogP contribution in [0.4, 0.5) is 0 Å². The van der Waals surface area contributed by atoms with E-state index in [1.807, 2.05) is 54.6 Å². The zero-order valence-corrected chi connectivity index (χ0v) is 29.2. The molecular formula is C36H31N5O6Zn. The van der Waals surface area contributed by atoms with Crippen LogP contribution >= 0.6 is 0 Å². The number of carboxylic acids is 3. The number of rotatable bonds is 3. The van der Waals surface area contributed by atoms with Crippen LogP contribution in [0.3, 0.4) is 0 Å². The van der Waals surface area contributed by atoms with E-state index in [4.69, 9.17) is 5.26 Å². The van der Waals surface area contributed by atoms with E-state index in [9.17, 15) is 29.7 Å². The van der Waals surface area contributed by atoms with E-state index in [0.29, 0.717) is 16.6 Å². The van der Waals surface area contributed by atoms with Gasteiger partial charge in [0.2, 0.25) is 0 Å². The first kappa shape index (κ1) is 38.6. The molecular weight excluding hydrogens is 664 g/mol. The molecule has 6 aromatic rings. The number of nitriles is 1. The number of carbonyl (C=O) groups excluding carboxylic acids is 3. The Morgan fingerprint density at radius 3 is 1.06 bits per heavy atom. The first-order valence-electron chi connectivity index (χ1n) is 14.6. The van der Waals surface area contributed by atoms with Gasteiger partial charge in [0, 0.05) is 35.9 Å². The molecule has 0 unspecified atom stereocenters. The van der Waals surface area contributed by atoms with E-state index < -0.39 is 17.9 Å². The Labute approximate surface area is 289 Å². The van der Waals surface area contributed by atoms with Gasteiger partial charge in [-0.25, -0.2) is 15.0 Å². The Bertz CT molecular complexity index is 1790. The van der Waals surface area contributed by atoms with E-state index in [2.05, 4.69) is 20.3 Å². The number of para-hydroxylation sites is 3. The molecule has 0 radical (unpaired) electrons. The van der Waals surface area contributed by atoms with E-state index in [-0.39, 0.29) is 36.6 Å². The molecule has 0 bridgehead atoms. The minimum Gasteiger partial charge on any atom is -0.543 e. The molecule has 4 heterocycles. The van der Waals surface area contributed by atoms with E-state index >= 15 is 0 Å². The molecule has 12 heteroatoms. The van der Waals surface area contributed by atoms with Crippen LogP contribution in [-0.4, -0.2) is 45.9 Å². The van der Waals surface area contributed by atoms with Crippen molar-refractivity contribution in [2.45, 2.75) is 19.8 Å². The second kappa shape index (κ2) is 20.5. The third-order valence-corrected chi connectivity index (χ3v) is 6.49. The summed E-state index contributed by atoms with van der Waals surface area (Å²) in [5, 5.41) is 43.9. The number of hydrogen-bond acceptors (Lipinski definition) is 10. The standard InChI is InChI=1S/3C10H7NO2.C4H9N.C2H3N.Zn/c3*12-10(13)9-6-5-7-3-1-2-4-8(7)11-9;1-2-4-5-3-1;1-2-3;/h3*1-6H,(H,12,13);5H,1-4H2;1H3;/q;;;;;+2/p-2. The van der Waals surface area contributed by atoms with Crippen molar-refractivity contribution >= 4 is 50.6 Å². The van der Waals surface area contributed by atoms with Gasteiger partial charge >= 0.3 is 19.5 Å². The fourth-order valence-corrected chi connectivity index (χ4v) is 4.26. The van der Waals surface area contributed by atoms with Crippen molar-refractivity contribution in [3.8, 4) is 6.07 Å². The number of aromatic nitrogens is 3. The Balaban J connectivity index is 0.000000222. The molecule has 0 atom stereocenters. The predicted molar refractivity (Wildman–Crippen MR) is 170 cm³/mol. The molecule has 1 fully saturated rings. The van der Waals surface area contributed by atoms with Crippen molar-refractivity contribution in [3.05, 3.63) is 126 Å². The summed E-state index contributed by atoms with van der Waals surface area (Å²) in [6, 6.07) is 33.2. The van der Waals surface area contributed by atoms with Crippen LogP contribution in [0.25, 0.3) is 32.7 Å². The van der Waals surface area contributed by atoms with Gasteiger partial charge in [-0.15, -0.1) is 0 Å². The van der Waals surface area contributed by atoms with Crippen LogP contribution in [0.1, 0.15) is 51.2 Å². The summed E-state index contributed by atoms with van der Waals surface area (Å²) in [6.07, 6.45) is 2.89. The molecule has 2 N–H and O–H groups in total. The molecule has 0 saturated carbocycles. The second-order valence-corrected chi connectivity index (χ2v) is 9.83. The van der Waals surface area contributed by atoms with Gasteiger partial charge in [0.05, 0.1) is 70.7 Å². The monoisotopic (exact) mass is 693 g/mol. The van der Waals surface area contributed by atoms with E-state index in [1.165, 1.54) is 51.1 Å². The number of quaternary nitrogens is 1. The fourth-order valence-electron chi connectivity index (χ4n) is 4.26. The maximum Gasteiger partial charge on any atom is 2.00 e. The quantitative estimate of drug-likeness (QED) is 0.266. The van der Waals surface area contributed by atoms with Crippen molar-refractivity contribution < 1.29 is 54.5 Å². The van der Waals surface area contributed by atoms with Gasteiger partial charge in [-0.1, -0.05) is 72.8 Å². The normalized spacial score (nSPS) is 10.9. The van der Waals surface area contributed by atoms with Crippen molar-refractivity contribution in [2.24, 2.45) is 0 Å². The third-order valence-electron chi connectivity index (χ3n) is 6.49. The first-order chi connectivity index (χ1) is 22.7. The topological polar surface area (TPSA) is 199 Å². The van der Waals surface area contributed by atoms with Crippen LogP contribution in [-0.2, 0) is 19.5 Å². The number of benzene rings is 3. The molecule has 3 aromatic carbocycles. The fraction of sp³-hybridized carbons (Fsp3) is 0.139. The first-order valence-corrected chi connectivity index (χ1v) is 14.6. The van der Waals surface area contributed by atoms with Crippen LogP contribution in [0.2, 0.25) is 0 Å². The summed E-state index contributed by atoms with van der Waals surface area (Å²) in [6.45, 7) is 4.18. The van der Waals surface area contributed by atoms with Crippen LogP contribution in [0.15, 0.2) is 109 Å². The minimum absolute atomic E-state index is 0. The van der Waals surface area contributed by atoms with Crippen molar-refractivity contribution in [3.63, 3.8) is 0 Å². The molecule has 7 rings (SSSR count). The maximum atomic E-state index is 10.5. The van der Waals surface area contributed by atoms with E-state index in [1.54, 1.807) is 42.5 Å². The molecule has 1 saturated heterocycles. The summed E-state index contributed by atoms with van der Waals surface area (Å²) in [4.78, 5) is 43.2. The van der Waals surface area contributed by atoms with Gasteiger partial charge < -0.3 is 35.0 Å². The molecule has 1 aliphatic rings. The zero-order chi connectivity index (χ0) is 34.0. The number of hydrogen-bond donors (Lipinski definition) is 1. The minimum atomic E-state index is -1.24. The number of nitrogens with two attached hydrogens (primary N) is 1. The van der Waals surface area contributed by atoms with E-state index in [0.717, 1.165) is 16.2 Å². The summed E-state index contributed by atoms with van der Waals surface area (Å²) < 4.78 is 0. The zero-order valence-electron chi connectivity index (χ0n) is 26.2. The van der Waals surface area contributed by atoms with Gasteiger partial charge in [0.1, 0.15) is 0 Å². The second-order valence-electron chi connectivity index (χ2n) is 9.83. The summed E-state index contributed by atoms with van der Waals surface area (Å²) in [5.41, 5.74) is 1.92. The van der Waals surface area contributed by atoms with Crippen molar-refractivity contribution in [1.29, 1.82) is 5.26 Å². The SMILES string of the molecule is C1CC[NH2+]C1.CC#N.O=C([O-])c1ccc2ccccc2n1.O=C([O-])c1ccc2ccccc2n1.O=C([O-])c1ccc2ccccc2n1.[Zn+2]. The number of nitrogens with zero attached hydrogens (tertiary/aromatic N) is 4. The summed E-state index contributed by atoms with van der Waals surface area (Å²) >= 11 is 0. The van der Waals surface area contributed by atoms with Crippen molar-refractivity contribution in [2.75, 3.05) is 13.1 Å². The van der Waals surface area contributed by atoms with Crippen molar-refractivity contribution in [1.82, 2.24) is 15.0 Å². The maximum absolute atomic E-state index is 10.5. The van der Waals surface area contributed by atoms with Gasteiger partial charge in [-0.3, -0.25) is 0 Å². The summed E-state index contributed by atoms with van der Waals surface area (Å²) in [5.74, 6) is -3.73. The Morgan fingerprint density at radius 1 is 0.562 bits per heavy atom. The van der Waals surface area contributed by atoms with Gasteiger partial charge in [-0.05, 0) is 36.4 Å². The van der Waals surface area contributed by atoms with Gasteiger partial charge in [-0.2, -0.15) is 5.26 Å². The molecule has 238 valence electrons. The summed E-state index contributed by atoms with van der Waals surface area (Å²) in [7, 11) is 0. The number of aromatic carboxylic acids is 3. The van der Waals surface area contributed by atoms with Crippen LogP contribution in [0, 0.1) is 11.3 Å². The average Bonchev–Trinajstić information content (AvgIpc) is 3.69. The average molecular weight is 695 g/mol. The van der Waals surface area contributed by atoms with Gasteiger partial charge in [0.25, 0.3) is 0 Å². The number of pyridine rings is 3. The Morgan fingerprint density at radius 2 is 0.833 bits per heavy atom. The molecule has 11 nitrogen and oxygen atoms in total. The van der Waals surface area contributed by atoms with Crippen LogP contribution < -0.4 is 20.6 Å². The number of carboxylic acid groups (broad SMARTS) is 3. The number of carbonyl (C=O) groups is 3. The van der Waals surface area contributed by atoms with Gasteiger partial charge in [0.15, 0.2) is 0 Å². The molecule has 0 spiro atoms. The van der Waals surface area contributed by atoms with Crippen LogP contribution in [0.5, 0.6) is 0 Å². The Hall–Kier alpha value is -5.63. The molecule has 3 aromatic heterocycles. The smallest absolute Gasteiger partial charge is 0.543 e. The Kier molecular flexibility index (Phi) is 16.5. The molecule has 48 heavy (non-hydrogen) atoms. The third kappa shape index (κ3) is 12.3. The molecule has 0 amide bonds. The molecule has 1 aliphatic heterocycles. The predicted octanol–water partition coefficient (Wildman–Crippen LogP) is 1.67. The molecule has 0 aliphatic carbocycles. The number of fused-ring (bicyclic) bond motifs is 3. The largest absolute Gasteiger partial charge is 2.00 e.